The lowest BCUT2D eigenvalue weighted by Gasteiger charge is -2.20. The van der Waals surface area contributed by atoms with Crippen LogP contribution in [0.25, 0.3) is 0 Å². The minimum absolute atomic E-state index is 0.136. The molecule has 1 aromatic rings. The first kappa shape index (κ1) is 10.5. The highest BCUT2D eigenvalue weighted by Crippen LogP contribution is 2.20. The number of phenolic OH excluding ortho intramolecular Hbond substituents is 1. The Bertz CT molecular complexity index is 319. The van der Waals surface area contributed by atoms with Crippen LogP contribution in [0.5, 0.6) is 5.75 Å². The van der Waals surface area contributed by atoms with Gasteiger partial charge in [-0.05, 0) is 31.8 Å². The van der Waals surface area contributed by atoms with Crippen LogP contribution in [0.15, 0.2) is 24.3 Å². The van der Waals surface area contributed by atoms with Gasteiger partial charge < -0.3 is 10.2 Å². The van der Waals surface area contributed by atoms with Crippen molar-refractivity contribution < 1.29 is 15.0 Å². The van der Waals surface area contributed by atoms with E-state index in [1.807, 2.05) is 0 Å². The summed E-state index contributed by atoms with van der Waals surface area (Å²) in [7, 11) is 3.40. The van der Waals surface area contributed by atoms with Crippen LogP contribution < -0.4 is 0 Å². The lowest BCUT2D eigenvalue weighted by molar-refractivity contribution is -0.142. The molecule has 0 unspecified atom stereocenters. The zero-order chi connectivity index (χ0) is 10.7. The molecule has 0 saturated heterocycles. The van der Waals surface area contributed by atoms with Crippen molar-refractivity contribution in [1.29, 1.82) is 0 Å². The third-order valence-electron chi connectivity index (χ3n) is 1.96. The minimum atomic E-state index is -0.902. The highest BCUT2D eigenvalue weighted by atomic mass is 16.4. The fraction of sp³-hybridized carbons (Fsp3) is 0.300. The summed E-state index contributed by atoms with van der Waals surface area (Å²) in [4.78, 5) is 12.5. The lowest BCUT2D eigenvalue weighted by atomic mass is 10.1. The third-order valence-corrected chi connectivity index (χ3v) is 1.96. The van der Waals surface area contributed by atoms with Crippen molar-refractivity contribution in [3.63, 3.8) is 0 Å². The van der Waals surface area contributed by atoms with Crippen molar-refractivity contribution in [1.82, 2.24) is 4.90 Å². The number of hydrogen-bond acceptors (Lipinski definition) is 3. The molecule has 0 aliphatic heterocycles. The lowest BCUT2D eigenvalue weighted by Crippen LogP contribution is -2.27. The van der Waals surface area contributed by atoms with Crippen LogP contribution in [0.3, 0.4) is 0 Å². The molecule has 0 heterocycles. The van der Waals surface area contributed by atoms with E-state index < -0.39 is 12.0 Å². The highest BCUT2D eigenvalue weighted by molar-refractivity contribution is 5.75. The van der Waals surface area contributed by atoms with Gasteiger partial charge in [-0.1, -0.05) is 12.1 Å². The molecule has 4 heteroatoms. The van der Waals surface area contributed by atoms with Gasteiger partial charge in [-0.2, -0.15) is 0 Å². The number of carboxylic acids is 1. The molecule has 2 N–H and O–H groups in total. The number of rotatable bonds is 3. The Labute approximate surface area is 82.4 Å². The summed E-state index contributed by atoms with van der Waals surface area (Å²) in [5, 5.41) is 18.0. The molecule has 0 saturated carbocycles. The van der Waals surface area contributed by atoms with E-state index in [1.54, 1.807) is 31.1 Å². The van der Waals surface area contributed by atoms with Gasteiger partial charge in [0.2, 0.25) is 0 Å². The van der Waals surface area contributed by atoms with Gasteiger partial charge in [0, 0.05) is 0 Å². The quantitative estimate of drug-likeness (QED) is 0.757. The first-order valence-electron chi connectivity index (χ1n) is 4.20. The molecule has 4 nitrogen and oxygen atoms in total. The van der Waals surface area contributed by atoms with E-state index in [0.717, 1.165) is 0 Å². The topological polar surface area (TPSA) is 60.8 Å². The van der Waals surface area contributed by atoms with Crippen molar-refractivity contribution in [2.75, 3.05) is 14.1 Å². The Balaban J connectivity index is 3.00. The van der Waals surface area contributed by atoms with Gasteiger partial charge in [0.1, 0.15) is 11.8 Å². The number of nitrogens with zero attached hydrogens (tertiary/aromatic N) is 1. The van der Waals surface area contributed by atoms with Crippen molar-refractivity contribution >= 4 is 5.97 Å². The second kappa shape index (κ2) is 4.11. The molecule has 76 valence electrons. The zero-order valence-electron chi connectivity index (χ0n) is 8.14. The molecule has 0 radical (unpaired) electrons. The monoisotopic (exact) mass is 195 g/mol. The van der Waals surface area contributed by atoms with E-state index >= 15 is 0 Å². The Hall–Kier alpha value is -1.55. The first-order valence-corrected chi connectivity index (χ1v) is 4.20. The van der Waals surface area contributed by atoms with Crippen LogP contribution in [0, 0.1) is 0 Å². The summed E-state index contributed by atoms with van der Waals surface area (Å²) in [6.07, 6.45) is 0. The Morgan fingerprint density at radius 1 is 1.29 bits per heavy atom. The number of phenols is 1. The number of carbonyl (C=O) groups is 1. The summed E-state index contributed by atoms with van der Waals surface area (Å²) >= 11 is 0. The van der Waals surface area contributed by atoms with Crippen molar-refractivity contribution in [3.8, 4) is 5.75 Å². The molecule has 1 rings (SSSR count). The summed E-state index contributed by atoms with van der Waals surface area (Å²) < 4.78 is 0. The maximum absolute atomic E-state index is 10.9. The molecule has 0 fully saturated rings. The van der Waals surface area contributed by atoms with Gasteiger partial charge in [0.05, 0.1) is 0 Å². The van der Waals surface area contributed by atoms with Crippen LogP contribution in [0.4, 0.5) is 0 Å². The zero-order valence-corrected chi connectivity index (χ0v) is 8.14. The number of aromatic hydroxyl groups is 1. The van der Waals surface area contributed by atoms with Crippen LogP contribution in [-0.4, -0.2) is 35.2 Å². The molecule has 14 heavy (non-hydrogen) atoms. The normalized spacial score (nSPS) is 12.8. The van der Waals surface area contributed by atoms with Crippen molar-refractivity contribution in [3.05, 3.63) is 29.8 Å². The molecular weight excluding hydrogens is 182 g/mol. The van der Waals surface area contributed by atoms with Crippen LogP contribution in [0.1, 0.15) is 11.6 Å². The van der Waals surface area contributed by atoms with Gasteiger partial charge in [0.25, 0.3) is 0 Å². The molecule has 0 aromatic heterocycles. The molecule has 0 spiro atoms. The number of carboxylic acid groups (broad SMARTS) is 1. The van der Waals surface area contributed by atoms with Crippen LogP contribution >= 0.6 is 0 Å². The number of hydrogen-bond donors (Lipinski definition) is 2. The molecular formula is C10H13NO3. The maximum Gasteiger partial charge on any atom is 0.325 e. The van der Waals surface area contributed by atoms with Gasteiger partial charge in [-0.3, -0.25) is 9.69 Å². The van der Waals surface area contributed by atoms with Crippen molar-refractivity contribution in [2.24, 2.45) is 0 Å². The molecule has 0 bridgehead atoms. The van der Waals surface area contributed by atoms with E-state index in [1.165, 1.54) is 12.1 Å². The second-order valence-corrected chi connectivity index (χ2v) is 3.30. The van der Waals surface area contributed by atoms with Gasteiger partial charge >= 0.3 is 5.97 Å². The summed E-state index contributed by atoms with van der Waals surface area (Å²) in [5.74, 6) is -0.766. The number of aliphatic carboxylic acids is 1. The van der Waals surface area contributed by atoms with E-state index in [9.17, 15) is 4.79 Å². The standard InChI is InChI=1S/C10H13NO3/c1-11(2)9(10(13)14)7-3-5-8(12)6-4-7/h3-6,9,12H,1-2H3,(H,13,14)/t9-/m0/s1. The number of likely N-dealkylation sites (N-methyl/N-ethyl adjacent to an activating group) is 1. The largest absolute Gasteiger partial charge is 0.508 e. The average Bonchev–Trinajstić information content (AvgIpc) is 2.07. The van der Waals surface area contributed by atoms with E-state index in [0.29, 0.717) is 5.56 Å². The molecule has 0 amide bonds. The molecule has 0 aliphatic carbocycles. The third kappa shape index (κ3) is 2.23. The first-order chi connectivity index (χ1) is 6.52. The molecule has 0 aliphatic rings. The van der Waals surface area contributed by atoms with E-state index in [4.69, 9.17) is 10.2 Å². The van der Waals surface area contributed by atoms with Crippen molar-refractivity contribution in [2.45, 2.75) is 6.04 Å². The van der Waals surface area contributed by atoms with Crippen LogP contribution in [-0.2, 0) is 4.79 Å². The Morgan fingerprint density at radius 3 is 2.14 bits per heavy atom. The maximum atomic E-state index is 10.9. The Kier molecular flexibility index (Phi) is 3.09. The van der Waals surface area contributed by atoms with Gasteiger partial charge in [-0.25, -0.2) is 0 Å². The second-order valence-electron chi connectivity index (χ2n) is 3.30. The molecule has 1 atom stereocenters. The fourth-order valence-electron chi connectivity index (χ4n) is 1.32. The summed E-state index contributed by atoms with van der Waals surface area (Å²) in [6, 6.07) is 5.50. The summed E-state index contributed by atoms with van der Waals surface area (Å²) in [5.41, 5.74) is 0.653. The smallest absolute Gasteiger partial charge is 0.325 e. The van der Waals surface area contributed by atoms with Gasteiger partial charge in [-0.15, -0.1) is 0 Å². The fourth-order valence-corrected chi connectivity index (χ4v) is 1.32. The minimum Gasteiger partial charge on any atom is -0.508 e. The van der Waals surface area contributed by atoms with Gasteiger partial charge in [0.15, 0.2) is 0 Å². The Morgan fingerprint density at radius 2 is 1.79 bits per heavy atom. The highest BCUT2D eigenvalue weighted by Gasteiger charge is 2.21. The predicted octanol–water partition coefficient (Wildman–Crippen LogP) is 1.08. The molecule has 1 aromatic carbocycles. The predicted molar refractivity (Wildman–Crippen MR) is 52.2 cm³/mol. The van der Waals surface area contributed by atoms with E-state index in [-0.39, 0.29) is 5.75 Å². The van der Waals surface area contributed by atoms with Crippen LogP contribution in [0.2, 0.25) is 0 Å². The SMILES string of the molecule is CN(C)[C@H](C(=O)O)c1ccc(O)cc1. The average molecular weight is 195 g/mol. The summed E-state index contributed by atoms with van der Waals surface area (Å²) in [6.45, 7) is 0. The van der Waals surface area contributed by atoms with E-state index in [2.05, 4.69) is 0 Å². The number of benzene rings is 1.